The Kier molecular flexibility index (Phi) is 2.62. The van der Waals surface area contributed by atoms with Crippen molar-refractivity contribution >= 4 is 11.3 Å². The van der Waals surface area contributed by atoms with Gasteiger partial charge in [0.2, 0.25) is 0 Å². The molecule has 0 radical (unpaired) electrons. The van der Waals surface area contributed by atoms with E-state index < -0.39 is 0 Å². The average molecular weight is 198 g/mol. The Morgan fingerprint density at radius 3 is 3.31 bits per heavy atom. The fourth-order valence-corrected chi connectivity index (χ4v) is 2.60. The number of aromatic nitrogens is 1. The maximum atomic E-state index is 5.64. The first-order valence-corrected chi connectivity index (χ1v) is 5.35. The van der Waals surface area contributed by atoms with Crippen LogP contribution in [0.3, 0.4) is 0 Å². The van der Waals surface area contributed by atoms with Crippen molar-refractivity contribution < 1.29 is 4.74 Å². The SMILES string of the molecule is CNCC1OCCc2sc(C)nc21. The minimum absolute atomic E-state index is 0.165. The molecule has 2 rings (SSSR count). The molecule has 1 aliphatic rings. The molecule has 13 heavy (non-hydrogen) atoms. The average Bonchev–Trinajstić information content (AvgIpc) is 2.47. The normalized spacial score (nSPS) is 21.5. The summed E-state index contributed by atoms with van der Waals surface area (Å²) >= 11 is 1.80. The van der Waals surface area contributed by atoms with Crippen molar-refractivity contribution in [3.63, 3.8) is 0 Å². The lowest BCUT2D eigenvalue weighted by atomic mass is 10.1. The predicted octanol–water partition coefficient (Wildman–Crippen LogP) is 1.28. The van der Waals surface area contributed by atoms with E-state index in [4.69, 9.17) is 4.74 Å². The zero-order valence-corrected chi connectivity index (χ0v) is 8.78. The summed E-state index contributed by atoms with van der Waals surface area (Å²) in [6.45, 7) is 3.75. The second-order valence-electron chi connectivity index (χ2n) is 3.21. The van der Waals surface area contributed by atoms with Gasteiger partial charge in [0, 0.05) is 17.8 Å². The van der Waals surface area contributed by atoms with Crippen molar-refractivity contribution in [2.24, 2.45) is 0 Å². The van der Waals surface area contributed by atoms with Crippen LogP contribution in [-0.4, -0.2) is 25.2 Å². The van der Waals surface area contributed by atoms with Gasteiger partial charge in [0.25, 0.3) is 0 Å². The second-order valence-corrected chi connectivity index (χ2v) is 4.50. The highest BCUT2D eigenvalue weighted by molar-refractivity contribution is 7.11. The smallest absolute Gasteiger partial charge is 0.113 e. The maximum Gasteiger partial charge on any atom is 0.113 e. The van der Waals surface area contributed by atoms with Crippen molar-refractivity contribution in [1.29, 1.82) is 0 Å². The number of nitrogens with one attached hydrogen (secondary N) is 1. The van der Waals surface area contributed by atoms with Crippen molar-refractivity contribution in [1.82, 2.24) is 10.3 Å². The van der Waals surface area contributed by atoms with Gasteiger partial charge in [0.1, 0.15) is 6.10 Å². The molecule has 1 aromatic rings. The van der Waals surface area contributed by atoms with Gasteiger partial charge in [-0.1, -0.05) is 0 Å². The summed E-state index contributed by atoms with van der Waals surface area (Å²) in [6.07, 6.45) is 1.19. The van der Waals surface area contributed by atoms with Gasteiger partial charge in [-0.3, -0.25) is 0 Å². The van der Waals surface area contributed by atoms with Gasteiger partial charge in [-0.25, -0.2) is 4.98 Å². The van der Waals surface area contributed by atoms with Gasteiger partial charge >= 0.3 is 0 Å². The van der Waals surface area contributed by atoms with E-state index in [1.54, 1.807) is 11.3 Å². The fraction of sp³-hybridized carbons (Fsp3) is 0.667. The van der Waals surface area contributed by atoms with Gasteiger partial charge in [0.15, 0.2) is 0 Å². The summed E-state index contributed by atoms with van der Waals surface area (Å²) < 4.78 is 5.64. The number of aryl methyl sites for hydroxylation is 1. The van der Waals surface area contributed by atoms with E-state index in [1.165, 1.54) is 4.88 Å². The van der Waals surface area contributed by atoms with Gasteiger partial charge < -0.3 is 10.1 Å². The van der Waals surface area contributed by atoms with Crippen LogP contribution in [0.4, 0.5) is 0 Å². The zero-order valence-electron chi connectivity index (χ0n) is 7.96. The van der Waals surface area contributed by atoms with Gasteiger partial charge in [-0.15, -0.1) is 11.3 Å². The Hall–Kier alpha value is -0.450. The van der Waals surface area contributed by atoms with Crippen LogP contribution in [0.15, 0.2) is 0 Å². The van der Waals surface area contributed by atoms with Crippen LogP contribution in [-0.2, 0) is 11.2 Å². The van der Waals surface area contributed by atoms with Crippen LogP contribution in [0.2, 0.25) is 0 Å². The molecule has 1 unspecified atom stereocenters. The van der Waals surface area contributed by atoms with Crippen molar-refractivity contribution in [2.45, 2.75) is 19.4 Å². The molecule has 0 spiro atoms. The van der Waals surface area contributed by atoms with Crippen molar-refractivity contribution in [3.05, 3.63) is 15.6 Å². The first-order chi connectivity index (χ1) is 6.31. The molecule has 1 aliphatic heterocycles. The molecule has 72 valence electrons. The molecule has 0 saturated heterocycles. The van der Waals surface area contributed by atoms with Gasteiger partial charge in [-0.05, 0) is 14.0 Å². The first kappa shape index (κ1) is 9.12. The lowest BCUT2D eigenvalue weighted by molar-refractivity contribution is 0.0419. The molecule has 0 fully saturated rings. The molecule has 2 heterocycles. The molecule has 0 aromatic carbocycles. The number of hydrogen-bond acceptors (Lipinski definition) is 4. The Morgan fingerprint density at radius 1 is 1.69 bits per heavy atom. The summed E-state index contributed by atoms with van der Waals surface area (Å²) in [4.78, 5) is 5.91. The Bertz CT molecular complexity index is 298. The maximum absolute atomic E-state index is 5.64. The van der Waals surface area contributed by atoms with E-state index in [1.807, 2.05) is 7.05 Å². The van der Waals surface area contributed by atoms with Crippen LogP contribution in [0.25, 0.3) is 0 Å². The molecule has 1 atom stereocenters. The van der Waals surface area contributed by atoms with Crippen LogP contribution < -0.4 is 5.32 Å². The summed E-state index contributed by atoms with van der Waals surface area (Å²) in [7, 11) is 1.94. The molecule has 0 bridgehead atoms. The first-order valence-electron chi connectivity index (χ1n) is 4.53. The predicted molar refractivity (Wildman–Crippen MR) is 53.2 cm³/mol. The summed E-state index contributed by atoms with van der Waals surface area (Å²) in [5.41, 5.74) is 1.16. The summed E-state index contributed by atoms with van der Waals surface area (Å²) in [5.74, 6) is 0. The van der Waals surface area contributed by atoms with Crippen LogP contribution in [0, 0.1) is 6.92 Å². The van der Waals surface area contributed by atoms with E-state index in [9.17, 15) is 0 Å². The lowest BCUT2D eigenvalue weighted by Crippen LogP contribution is -2.24. The van der Waals surface area contributed by atoms with Crippen LogP contribution in [0.1, 0.15) is 21.7 Å². The minimum atomic E-state index is 0.165. The monoisotopic (exact) mass is 198 g/mol. The fourth-order valence-electron chi connectivity index (χ4n) is 1.63. The Balaban J connectivity index is 2.25. The second kappa shape index (κ2) is 3.74. The molecule has 0 saturated carbocycles. The molecule has 1 aromatic heterocycles. The molecule has 4 heteroatoms. The molecular formula is C9H14N2OS. The standard InChI is InChI=1S/C9H14N2OS/c1-6-11-9-7(5-10-2)12-4-3-8(9)13-6/h7,10H,3-5H2,1-2H3. The number of ether oxygens (including phenoxy) is 1. The summed E-state index contributed by atoms with van der Waals surface area (Å²) in [5, 5.41) is 4.28. The topological polar surface area (TPSA) is 34.1 Å². The molecule has 1 N–H and O–H groups in total. The largest absolute Gasteiger partial charge is 0.370 e. The lowest BCUT2D eigenvalue weighted by Gasteiger charge is -2.21. The third kappa shape index (κ3) is 1.75. The van der Waals surface area contributed by atoms with Crippen molar-refractivity contribution in [2.75, 3.05) is 20.2 Å². The third-order valence-corrected chi connectivity index (χ3v) is 3.22. The Labute approximate surface area is 82.1 Å². The van der Waals surface area contributed by atoms with E-state index in [2.05, 4.69) is 17.2 Å². The van der Waals surface area contributed by atoms with E-state index in [0.717, 1.165) is 30.3 Å². The van der Waals surface area contributed by atoms with E-state index >= 15 is 0 Å². The van der Waals surface area contributed by atoms with Crippen LogP contribution >= 0.6 is 11.3 Å². The number of nitrogens with zero attached hydrogens (tertiary/aromatic N) is 1. The Morgan fingerprint density at radius 2 is 2.54 bits per heavy atom. The number of likely N-dealkylation sites (N-methyl/N-ethyl adjacent to an activating group) is 1. The van der Waals surface area contributed by atoms with Crippen LogP contribution in [0.5, 0.6) is 0 Å². The minimum Gasteiger partial charge on any atom is -0.370 e. The molecular weight excluding hydrogens is 184 g/mol. The quantitative estimate of drug-likeness (QED) is 0.777. The number of rotatable bonds is 2. The molecule has 0 amide bonds. The number of fused-ring (bicyclic) bond motifs is 1. The highest BCUT2D eigenvalue weighted by Crippen LogP contribution is 2.30. The highest BCUT2D eigenvalue weighted by Gasteiger charge is 2.23. The van der Waals surface area contributed by atoms with Gasteiger partial charge in [0.05, 0.1) is 17.3 Å². The number of hydrogen-bond donors (Lipinski definition) is 1. The number of thiazole rings is 1. The zero-order chi connectivity index (χ0) is 9.26. The van der Waals surface area contributed by atoms with Gasteiger partial charge in [-0.2, -0.15) is 0 Å². The van der Waals surface area contributed by atoms with E-state index in [0.29, 0.717) is 0 Å². The molecule has 3 nitrogen and oxygen atoms in total. The third-order valence-electron chi connectivity index (χ3n) is 2.18. The van der Waals surface area contributed by atoms with Crippen molar-refractivity contribution in [3.8, 4) is 0 Å². The molecule has 0 aliphatic carbocycles. The summed E-state index contributed by atoms with van der Waals surface area (Å²) in [6, 6.07) is 0. The van der Waals surface area contributed by atoms with E-state index in [-0.39, 0.29) is 6.10 Å². The highest BCUT2D eigenvalue weighted by atomic mass is 32.1.